The van der Waals surface area contributed by atoms with Gasteiger partial charge in [0.2, 0.25) is 5.91 Å². The van der Waals surface area contributed by atoms with Crippen molar-refractivity contribution in [1.29, 1.82) is 0 Å². The molecule has 1 fully saturated rings. The molecule has 1 amide bonds. The number of aromatic hydroxyl groups is 1. The van der Waals surface area contributed by atoms with E-state index in [0.717, 1.165) is 37.2 Å². The van der Waals surface area contributed by atoms with Gasteiger partial charge >= 0.3 is 0 Å². The molecule has 230 valence electrons. The molecule has 1 aliphatic heterocycles. The molecule has 2 heterocycles. The first-order chi connectivity index (χ1) is 21.8. The highest BCUT2D eigenvalue weighted by molar-refractivity contribution is 7.92. The van der Waals surface area contributed by atoms with E-state index in [9.17, 15) is 18.3 Å². The maximum Gasteiger partial charge on any atom is 0.261 e. The molecule has 10 heteroatoms. The van der Waals surface area contributed by atoms with Crippen LogP contribution in [0.25, 0.3) is 10.9 Å². The van der Waals surface area contributed by atoms with Gasteiger partial charge < -0.3 is 15.0 Å². The number of benzene rings is 4. The number of aliphatic imine (C=N–C) groups is 1. The van der Waals surface area contributed by atoms with Crippen molar-refractivity contribution in [2.45, 2.75) is 24.2 Å². The lowest BCUT2D eigenvalue weighted by Gasteiger charge is -2.28. The average molecular weight is 622 g/mol. The minimum atomic E-state index is -3.82. The van der Waals surface area contributed by atoms with Crippen molar-refractivity contribution in [3.63, 3.8) is 0 Å². The second kappa shape index (κ2) is 13.0. The zero-order chi connectivity index (χ0) is 31.4. The Morgan fingerprint density at radius 2 is 1.58 bits per heavy atom. The van der Waals surface area contributed by atoms with E-state index in [1.807, 2.05) is 54.6 Å². The number of piperidine rings is 1. The summed E-state index contributed by atoms with van der Waals surface area (Å²) in [5, 5.41) is 11.7. The van der Waals surface area contributed by atoms with E-state index in [2.05, 4.69) is 14.6 Å². The molecule has 45 heavy (non-hydrogen) atoms. The Morgan fingerprint density at radius 3 is 2.27 bits per heavy atom. The van der Waals surface area contributed by atoms with Crippen molar-refractivity contribution in [3.8, 4) is 5.88 Å². The molecule has 0 saturated carbocycles. The molecule has 1 aliphatic rings. The maximum absolute atomic E-state index is 13.0. The number of sulfonamides is 1. The fourth-order valence-corrected chi connectivity index (χ4v) is 6.66. The number of nitrogens with one attached hydrogen (secondary N) is 2. The summed E-state index contributed by atoms with van der Waals surface area (Å²) in [6.07, 6.45) is 3.48. The van der Waals surface area contributed by atoms with Crippen molar-refractivity contribution in [1.82, 2.24) is 9.88 Å². The molecule has 3 N–H and O–H groups in total. The van der Waals surface area contributed by atoms with Crippen LogP contribution < -0.4 is 9.62 Å². The summed E-state index contributed by atoms with van der Waals surface area (Å²) >= 11 is 0. The molecule has 5 aromatic rings. The molecule has 0 radical (unpaired) electrons. The van der Waals surface area contributed by atoms with Crippen molar-refractivity contribution >= 4 is 49.6 Å². The topological polar surface area (TPSA) is 118 Å². The predicted octanol–water partition coefficient (Wildman–Crippen LogP) is 6.29. The lowest BCUT2D eigenvalue weighted by atomic mass is 10.0. The highest BCUT2D eigenvalue weighted by Crippen LogP contribution is 2.34. The van der Waals surface area contributed by atoms with Gasteiger partial charge in [-0.25, -0.2) is 13.4 Å². The number of anilines is 2. The smallest absolute Gasteiger partial charge is 0.261 e. The third-order valence-electron chi connectivity index (χ3n) is 8.03. The van der Waals surface area contributed by atoms with E-state index in [-0.39, 0.29) is 16.7 Å². The Kier molecular flexibility index (Phi) is 8.68. The van der Waals surface area contributed by atoms with Crippen molar-refractivity contribution in [2.75, 3.05) is 36.3 Å². The number of H-pyrrole nitrogens is 1. The number of hydrogen-bond donors (Lipinski definition) is 3. The number of carbonyl (C=O) groups is 1. The van der Waals surface area contributed by atoms with Crippen LogP contribution in [0, 0.1) is 0 Å². The van der Waals surface area contributed by atoms with Crippen LogP contribution >= 0.6 is 0 Å². The van der Waals surface area contributed by atoms with Crippen LogP contribution in [0.4, 0.5) is 17.1 Å². The van der Waals surface area contributed by atoms with Gasteiger partial charge in [0, 0.05) is 34.9 Å². The van der Waals surface area contributed by atoms with Crippen LogP contribution in [-0.4, -0.2) is 61.7 Å². The average Bonchev–Trinajstić information content (AvgIpc) is 3.39. The Hall–Kier alpha value is -4.93. The molecule has 0 aliphatic carbocycles. The number of hydrogen-bond acceptors (Lipinski definition) is 6. The molecule has 0 spiro atoms. The fourth-order valence-electron chi connectivity index (χ4n) is 5.59. The summed E-state index contributed by atoms with van der Waals surface area (Å²) in [6, 6.07) is 30.1. The standard InChI is InChI=1S/C35H35N5O4S/c1-39(32(41)24-40-21-9-4-10-22-40)28-18-15-26(16-19-28)36-34(25-11-5-2-6-12-25)33-30-23-27(17-20-31(30)37-35(33)42)38-45(43,44)29-13-7-3-8-14-29/h2-3,5-8,11-20,23,37-38,42H,4,9-10,21-22,24H2,1H3. The lowest BCUT2D eigenvalue weighted by Crippen LogP contribution is -2.40. The molecule has 1 aromatic heterocycles. The first kappa shape index (κ1) is 30.1. The number of likely N-dealkylation sites (N-methyl/N-ethyl adjacent to an activating group) is 1. The molecule has 0 bridgehead atoms. The van der Waals surface area contributed by atoms with Gasteiger partial charge in [-0.05, 0) is 80.5 Å². The van der Waals surface area contributed by atoms with Crippen molar-refractivity contribution in [3.05, 3.63) is 114 Å². The van der Waals surface area contributed by atoms with Crippen LogP contribution in [0.5, 0.6) is 5.88 Å². The van der Waals surface area contributed by atoms with Gasteiger partial charge in [0.1, 0.15) is 0 Å². The van der Waals surface area contributed by atoms with Crippen molar-refractivity contribution < 1.29 is 18.3 Å². The van der Waals surface area contributed by atoms with Crippen molar-refractivity contribution in [2.24, 2.45) is 4.99 Å². The second-order valence-corrected chi connectivity index (χ2v) is 12.8. The Balaban J connectivity index is 1.33. The molecule has 0 unspecified atom stereocenters. The molecule has 6 rings (SSSR count). The number of amides is 1. The third-order valence-corrected chi connectivity index (χ3v) is 9.43. The third kappa shape index (κ3) is 6.77. The number of carbonyl (C=O) groups excluding carboxylic acids is 1. The monoisotopic (exact) mass is 621 g/mol. The molecule has 4 aromatic carbocycles. The van der Waals surface area contributed by atoms with E-state index in [1.165, 1.54) is 18.6 Å². The Morgan fingerprint density at radius 1 is 0.911 bits per heavy atom. The highest BCUT2D eigenvalue weighted by Gasteiger charge is 2.21. The summed E-state index contributed by atoms with van der Waals surface area (Å²) in [5.41, 5.74) is 4.08. The molecular weight excluding hydrogens is 586 g/mol. The molecule has 1 saturated heterocycles. The first-order valence-corrected chi connectivity index (χ1v) is 16.4. The summed E-state index contributed by atoms with van der Waals surface area (Å²) in [4.78, 5) is 24.9. The van der Waals surface area contributed by atoms with Gasteiger partial charge in [0.05, 0.1) is 28.4 Å². The normalized spacial score (nSPS) is 14.4. The maximum atomic E-state index is 13.0. The number of likely N-dealkylation sites (tertiary alicyclic amines) is 1. The van der Waals surface area contributed by atoms with E-state index >= 15 is 0 Å². The van der Waals surface area contributed by atoms with Gasteiger partial charge in [-0.1, -0.05) is 55.0 Å². The zero-order valence-electron chi connectivity index (χ0n) is 25.0. The fraction of sp³-hybridized carbons (Fsp3) is 0.200. The highest BCUT2D eigenvalue weighted by atomic mass is 32.2. The van der Waals surface area contributed by atoms with Crippen LogP contribution in [0.15, 0.2) is 113 Å². The molecule has 9 nitrogen and oxygen atoms in total. The van der Waals surface area contributed by atoms with Crippen LogP contribution in [0.3, 0.4) is 0 Å². The van der Waals surface area contributed by atoms with E-state index in [4.69, 9.17) is 4.99 Å². The van der Waals surface area contributed by atoms with Gasteiger partial charge in [0.25, 0.3) is 10.0 Å². The number of aromatic nitrogens is 1. The van der Waals surface area contributed by atoms with E-state index in [1.54, 1.807) is 48.3 Å². The summed E-state index contributed by atoms with van der Waals surface area (Å²) < 4.78 is 28.7. The van der Waals surface area contributed by atoms with E-state index < -0.39 is 10.0 Å². The summed E-state index contributed by atoms with van der Waals surface area (Å²) in [6.45, 7) is 2.31. The number of rotatable bonds is 9. The first-order valence-electron chi connectivity index (χ1n) is 14.9. The molecule has 0 atom stereocenters. The lowest BCUT2D eigenvalue weighted by molar-refractivity contribution is -0.119. The molecular formula is C35H35N5O4S. The number of aromatic amines is 1. The van der Waals surface area contributed by atoms with Crippen LogP contribution in [0.2, 0.25) is 0 Å². The SMILES string of the molecule is CN(C(=O)CN1CCCCC1)c1ccc(N=C(c2ccccc2)c2c(O)[nH]c3ccc(NS(=O)(=O)c4ccccc4)cc23)cc1. The predicted molar refractivity (Wildman–Crippen MR) is 179 cm³/mol. The minimum absolute atomic E-state index is 0.0422. The quantitative estimate of drug-likeness (QED) is 0.167. The number of fused-ring (bicyclic) bond motifs is 1. The van der Waals surface area contributed by atoms with Gasteiger partial charge in [0.15, 0.2) is 5.88 Å². The summed E-state index contributed by atoms with van der Waals surface area (Å²) in [7, 11) is -2.03. The zero-order valence-corrected chi connectivity index (χ0v) is 25.8. The Labute approximate surface area is 262 Å². The minimum Gasteiger partial charge on any atom is -0.494 e. The van der Waals surface area contributed by atoms with Crippen LogP contribution in [0.1, 0.15) is 30.4 Å². The largest absolute Gasteiger partial charge is 0.494 e. The Bertz CT molecular complexity index is 1930. The van der Waals surface area contributed by atoms with Gasteiger partial charge in [-0.3, -0.25) is 14.4 Å². The number of nitrogens with zero attached hydrogens (tertiary/aromatic N) is 3. The van der Waals surface area contributed by atoms with E-state index in [0.29, 0.717) is 40.1 Å². The van der Waals surface area contributed by atoms with Gasteiger partial charge in [-0.2, -0.15) is 0 Å². The second-order valence-electron chi connectivity index (χ2n) is 11.2. The summed E-state index contributed by atoms with van der Waals surface area (Å²) in [5.74, 6) is -0.0455. The van der Waals surface area contributed by atoms with Crippen LogP contribution in [-0.2, 0) is 14.8 Å². The van der Waals surface area contributed by atoms with Gasteiger partial charge in [-0.15, -0.1) is 0 Å².